The van der Waals surface area contributed by atoms with Crippen LogP contribution in [0.5, 0.6) is 0 Å². The summed E-state index contributed by atoms with van der Waals surface area (Å²) in [6.07, 6.45) is -0.243. The molecule has 1 aliphatic rings. The summed E-state index contributed by atoms with van der Waals surface area (Å²) in [6, 6.07) is 43.0. The Hall–Kier alpha value is -7.31. The van der Waals surface area contributed by atoms with Crippen LogP contribution in [0.2, 0.25) is 0 Å². The maximum Gasteiger partial charge on any atom is 0.323 e. The van der Waals surface area contributed by atoms with Gasteiger partial charge in [0.2, 0.25) is 0 Å². The van der Waals surface area contributed by atoms with Crippen LogP contribution in [0.3, 0.4) is 0 Å². The maximum atomic E-state index is 14.2. The molecule has 4 heterocycles. The molecule has 73 heavy (non-hydrogen) atoms. The van der Waals surface area contributed by atoms with E-state index in [1.807, 2.05) is 114 Å². The number of hydrogen-bond acceptors (Lipinski definition) is 13. The number of hydrogen-bond donors (Lipinski definition) is 1. The molecule has 17 heteroatoms. The Bertz CT molecular complexity index is 2750. The van der Waals surface area contributed by atoms with Gasteiger partial charge in [0.15, 0.2) is 0 Å². The van der Waals surface area contributed by atoms with Crippen molar-refractivity contribution in [2.45, 2.75) is 84.7 Å². The van der Waals surface area contributed by atoms with Crippen LogP contribution >= 0.6 is 0 Å². The van der Waals surface area contributed by atoms with Gasteiger partial charge >= 0.3 is 11.9 Å². The van der Waals surface area contributed by atoms with Crippen molar-refractivity contribution in [2.75, 3.05) is 52.4 Å². The van der Waals surface area contributed by atoms with Gasteiger partial charge in [0, 0.05) is 96.6 Å². The highest BCUT2D eigenvalue weighted by atomic mass is 16.7. The second-order valence-electron chi connectivity index (χ2n) is 19.1. The fraction of sp³-hybridized carbons (Fsp3) is 0.375. The first-order valence-corrected chi connectivity index (χ1v) is 24.8. The molecule has 1 unspecified atom stereocenters. The van der Waals surface area contributed by atoms with Crippen molar-refractivity contribution in [1.82, 2.24) is 33.8 Å². The lowest BCUT2D eigenvalue weighted by molar-refractivity contribution is -0.162. The van der Waals surface area contributed by atoms with Gasteiger partial charge in [-0.25, -0.2) is 0 Å². The van der Waals surface area contributed by atoms with Gasteiger partial charge < -0.3 is 24.4 Å². The van der Waals surface area contributed by atoms with Crippen molar-refractivity contribution in [1.29, 1.82) is 0 Å². The number of nitrogens with zero attached hydrogens (tertiary/aromatic N) is 7. The predicted octanol–water partition coefficient (Wildman–Crippen LogP) is 4.76. The molecule has 1 atom stereocenters. The standard InChI is InChI=1S/C56H67N7O10/c1-56(2,3)73-55(69)50(28-29-54(67)68)60-36-34-58(39-48-23-14-26-52(65)62(48)71-42-45-18-9-5-10-19-45)32-30-57(38-47-22-13-25-51(64)61(47)70-41-44-16-7-4-8-17-44)31-33-59(35-37-60)40-49-24-15-27-53(66)63(49)72-43-46-20-11-6-12-21-46/h4-27,50H,28-43H2,1-3H3,(H,67,68). The number of aliphatic carboxylic acids is 1. The van der Waals surface area contributed by atoms with Crippen LogP contribution < -0.4 is 31.2 Å². The molecule has 0 aliphatic carbocycles. The fourth-order valence-electron chi connectivity index (χ4n) is 8.59. The van der Waals surface area contributed by atoms with Crippen LogP contribution in [0.1, 0.15) is 67.4 Å². The minimum Gasteiger partial charge on any atom is -0.481 e. The second-order valence-corrected chi connectivity index (χ2v) is 19.1. The molecule has 17 nitrogen and oxygen atoms in total. The van der Waals surface area contributed by atoms with Gasteiger partial charge in [0.1, 0.15) is 31.5 Å². The van der Waals surface area contributed by atoms with E-state index in [1.54, 1.807) is 39.0 Å². The quantitative estimate of drug-likeness (QED) is 0.104. The van der Waals surface area contributed by atoms with E-state index >= 15 is 0 Å². The molecule has 0 bridgehead atoms. The number of esters is 1. The summed E-state index contributed by atoms with van der Waals surface area (Å²) >= 11 is 0. The van der Waals surface area contributed by atoms with E-state index in [0.717, 1.165) is 16.7 Å². The van der Waals surface area contributed by atoms with Gasteiger partial charge in [-0.15, -0.1) is 14.2 Å². The zero-order valence-electron chi connectivity index (χ0n) is 42.0. The van der Waals surface area contributed by atoms with Crippen LogP contribution in [0.25, 0.3) is 0 Å². The lowest BCUT2D eigenvalue weighted by Crippen LogP contribution is -2.51. The molecular weight excluding hydrogens is 931 g/mol. The second kappa shape index (κ2) is 26.4. The zero-order valence-corrected chi connectivity index (χ0v) is 42.0. The van der Waals surface area contributed by atoms with E-state index in [1.165, 1.54) is 32.4 Å². The monoisotopic (exact) mass is 997 g/mol. The molecule has 0 amide bonds. The number of carboxylic acids is 1. The van der Waals surface area contributed by atoms with Crippen LogP contribution in [0.15, 0.2) is 160 Å². The zero-order chi connectivity index (χ0) is 51.6. The number of carbonyl (C=O) groups is 2. The summed E-state index contributed by atoms with van der Waals surface area (Å²) in [4.78, 5) is 93.9. The van der Waals surface area contributed by atoms with E-state index in [2.05, 4.69) is 14.7 Å². The molecule has 3 aromatic carbocycles. The first kappa shape index (κ1) is 53.5. The molecule has 386 valence electrons. The third-order valence-electron chi connectivity index (χ3n) is 12.4. The van der Waals surface area contributed by atoms with E-state index in [9.17, 15) is 29.1 Å². The Morgan fingerprint density at radius 1 is 0.479 bits per heavy atom. The molecule has 1 N–H and O–H groups in total. The van der Waals surface area contributed by atoms with Crippen LogP contribution in [-0.2, 0) is 53.8 Å². The minimum absolute atomic E-state index is 0.0141. The van der Waals surface area contributed by atoms with Crippen molar-refractivity contribution in [3.8, 4) is 0 Å². The van der Waals surface area contributed by atoms with Gasteiger partial charge in [-0.2, -0.15) is 0 Å². The van der Waals surface area contributed by atoms with Gasteiger partial charge in [0.25, 0.3) is 16.7 Å². The molecular formula is C56H67N7O10. The lowest BCUT2D eigenvalue weighted by atomic mass is 10.1. The Kier molecular flexibility index (Phi) is 19.3. The molecule has 0 radical (unpaired) electrons. The van der Waals surface area contributed by atoms with E-state index in [4.69, 9.17) is 19.2 Å². The predicted molar refractivity (Wildman–Crippen MR) is 276 cm³/mol. The summed E-state index contributed by atoms with van der Waals surface area (Å²) in [5.41, 5.74) is 2.80. The van der Waals surface area contributed by atoms with Gasteiger partial charge in [0.05, 0.1) is 17.1 Å². The average Bonchev–Trinajstić information content (AvgIpc) is 3.36. The smallest absolute Gasteiger partial charge is 0.323 e. The Balaban J connectivity index is 1.24. The molecule has 3 aromatic heterocycles. The Morgan fingerprint density at radius 2 is 0.808 bits per heavy atom. The van der Waals surface area contributed by atoms with Crippen LogP contribution in [-0.4, -0.2) is 115 Å². The lowest BCUT2D eigenvalue weighted by Gasteiger charge is -2.37. The highest BCUT2D eigenvalue weighted by Gasteiger charge is 2.32. The molecule has 1 saturated heterocycles. The molecule has 1 fully saturated rings. The minimum atomic E-state index is -1.03. The average molecular weight is 998 g/mol. The molecule has 6 aromatic rings. The Labute approximate surface area is 425 Å². The molecule has 0 spiro atoms. The largest absolute Gasteiger partial charge is 0.481 e. The number of carbonyl (C=O) groups excluding carboxylic acids is 1. The summed E-state index contributed by atoms with van der Waals surface area (Å²) < 4.78 is 9.97. The third-order valence-corrected chi connectivity index (χ3v) is 12.4. The third kappa shape index (κ3) is 16.6. The summed E-state index contributed by atoms with van der Waals surface area (Å²) in [7, 11) is 0. The number of ether oxygens (including phenoxy) is 1. The van der Waals surface area contributed by atoms with Crippen molar-refractivity contribution in [3.05, 3.63) is 210 Å². The first-order chi connectivity index (χ1) is 35.3. The van der Waals surface area contributed by atoms with Gasteiger partial charge in [-0.1, -0.05) is 109 Å². The van der Waals surface area contributed by atoms with Crippen LogP contribution in [0, 0.1) is 0 Å². The van der Waals surface area contributed by atoms with Crippen LogP contribution in [0.4, 0.5) is 0 Å². The highest BCUT2D eigenvalue weighted by Crippen LogP contribution is 2.18. The van der Waals surface area contributed by atoms with Gasteiger partial charge in [-0.3, -0.25) is 43.6 Å². The van der Waals surface area contributed by atoms with Crippen molar-refractivity contribution in [2.24, 2.45) is 0 Å². The molecule has 1 aliphatic heterocycles. The SMILES string of the molecule is CC(C)(C)OC(=O)C(CCC(=O)O)N1CCN(Cc2cccc(=O)n2OCc2ccccc2)CCN(Cc2cccc(=O)n2OCc2ccccc2)CCN(Cc2cccc(=O)n2OCc2ccccc2)CC1. The number of carboxylic acid groups (broad SMARTS) is 1. The summed E-state index contributed by atoms with van der Waals surface area (Å²) in [5, 5.41) is 9.92. The number of rotatable bonds is 20. The maximum absolute atomic E-state index is 14.2. The summed E-state index contributed by atoms with van der Waals surface area (Å²) in [6.45, 7) is 10.1. The topological polar surface area (TPSA) is 170 Å². The number of benzene rings is 3. The van der Waals surface area contributed by atoms with Crippen molar-refractivity contribution < 1.29 is 33.9 Å². The summed E-state index contributed by atoms with van der Waals surface area (Å²) in [5.74, 6) is -1.55. The fourth-order valence-corrected chi connectivity index (χ4v) is 8.59. The first-order valence-electron chi connectivity index (χ1n) is 24.8. The Morgan fingerprint density at radius 3 is 1.12 bits per heavy atom. The molecule has 7 rings (SSSR count). The van der Waals surface area contributed by atoms with E-state index in [-0.39, 0.29) is 62.4 Å². The highest BCUT2D eigenvalue weighted by molar-refractivity contribution is 5.77. The number of pyridine rings is 3. The normalized spacial score (nSPS) is 15.1. The van der Waals surface area contributed by atoms with E-state index in [0.29, 0.717) is 76.0 Å². The van der Waals surface area contributed by atoms with Crippen molar-refractivity contribution in [3.63, 3.8) is 0 Å². The number of aromatic nitrogens is 3. The van der Waals surface area contributed by atoms with Gasteiger partial charge in [-0.05, 0) is 62.1 Å². The molecule has 0 saturated carbocycles. The van der Waals surface area contributed by atoms with E-state index < -0.39 is 23.6 Å². The van der Waals surface area contributed by atoms with Crippen molar-refractivity contribution >= 4 is 11.9 Å².